The Labute approximate surface area is 218 Å². The van der Waals surface area contributed by atoms with Gasteiger partial charge in [-0.15, -0.1) is 0 Å². The predicted octanol–water partition coefficient (Wildman–Crippen LogP) is 4.87. The van der Waals surface area contributed by atoms with Gasteiger partial charge in [-0.3, -0.25) is 14.9 Å². The Bertz CT molecular complexity index is 1600. The maximum Gasteiger partial charge on any atom is 0.337 e. The number of barbiturate groups is 1. The van der Waals surface area contributed by atoms with Crippen LogP contribution >= 0.6 is 0 Å². The molecule has 1 N–H and O–H groups in total. The second kappa shape index (κ2) is 10.4. The Morgan fingerprint density at radius 1 is 0.895 bits per heavy atom. The average molecular weight is 507 g/mol. The van der Waals surface area contributed by atoms with E-state index in [-0.39, 0.29) is 16.8 Å². The van der Waals surface area contributed by atoms with E-state index in [9.17, 15) is 19.2 Å². The number of nitrogens with one attached hydrogen (secondary N) is 1. The molecule has 0 radical (unpaired) electrons. The molecule has 0 atom stereocenters. The van der Waals surface area contributed by atoms with Crippen LogP contribution in [-0.2, 0) is 20.9 Å². The molecule has 4 aromatic rings. The van der Waals surface area contributed by atoms with Crippen LogP contribution in [-0.4, -0.2) is 30.9 Å². The first kappa shape index (κ1) is 24.5. The zero-order valence-corrected chi connectivity index (χ0v) is 20.3. The molecule has 38 heavy (non-hydrogen) atoms. The lowest BCUT2D eigenvalue weighted by molar-refractivity contribution is -0.122. The number of rotatable bonds is 6. The van der Waals surface area contributed by atoms with Crippen molar-refractivity contribution in [1.82, 2.24) is 5.32 Å². The molecule has 5 rings (SSSR count). The van der Waals surface area contributed by atoms with Gasteiger partial charge < -0.3 is 9.47 Å². The zero-order valence-electron chi connectivity index (χ0n) is 20.3. The number of imide groups is 2. The Kier molecular flexibility index (Phi) is 6.69. The van der Waals surface area contributed by atoms with Crippen LogP contribution in [0.15, 0.2) is 96.6 Å². The lowest BCUT2D eigenvalue weighted by atomic mass is 10.1. The summed E-state index contributed by atoms with van der Waals surface area (Å²) in [5, 5.41) is 4.41. The quantitative estimate of drug-likeness (QED) is 0.227. The van der Waals surface area contributed by atoms with Crippen LogP contribution in [0.25, 0.3) is 16.8 Å². The highest BCUT2D eigenvalue weighted by atomic mass is 16.5. The fourth-order valence-corrected chi connectivity index (χ4v) is 4.20. The number of methoxy groups -OCH3 is 1. The Hall–Kier alpha value is -5.24. The lowest BCUT2D eigenvalue weighted by Gasteiger charge is -2.26. The number of benzene rings is 4. The summed E-state index contributed by atoms with van der Waals surface area (Å²) >= 11 is 0. The maximum absolute atomic E-state index is 13.2. The summed E-state index contributed by atoms with van der Waals surface area (Å²) in [5.41, 5.74) is 1.82. The van der Waals surface area contributed by atoms with Crippen molar-refractivity contribution in [3.8, 4) is 5.75 Å². The molecule has 1 saturated heterocycles. The molecule has 1 heterocycles. The summed E-state index contributed by atoms with van der Waals surface area (Å²) in [6, 6.07) is 25.9. The number of hydrogen-bond donors (Lipinski definition) is 1. The van der Waals surface area contributed by atoms with Crippen molar-refractivity contribution in [2.75, 3.05) is 12.0 Å². The Morgan fingerprint density at radius 2 is 1.63 bits per heavy atom. The van der Waals surface area contributed by atoms with E-state index in [1.54, 1.807) is 24.3 Å². The molecular weight excluding hydrogens is 484 g/mol. The minimum Gasteiger partial charge on any atom is -0.489 e. The normalized spacial score (nSPS) is 14.5. The van der Waals surface area contributed by atoms with Crippen molar-refractivity contribution < 1.29 is 28.7 Å². The maximum atomic E-state index is 13.2. The third-order valence-corrected chi connectivity index (χ3v) is 6.09. The first-order valence-corrected chi connectivity index (χ1v) is 11.7. The first-order chi connectivity index (χ1) is 18.4. The van der Waals surface area contributed by atoms with Gasteiger partial charge in [0.1, 0.15) is 17.9 Å². The fourth-order valence-electron chi connectivity index (χ4n) is 4.20. The molecule has 0 bridgehead atoms. The molecule has 0 unspecified atom stereocenters. The highest BCUT2D eigenvalue weighted by molar-refractivity contribution is 6.39. The van der Waals surface area contributed by atoms with E-state index in [2.05, 4.69) is 10.1 Å². The first-order valence-electron chi connectivity index (χ1n) is 11.7. The Balaban J connectivity index is 1.37. The number of urea groups is 1. The van der Waals surface area contributed by atoms with Gasteiger partial charge in [-0.25, -0.2) is 14.5 Å². The van der Waals surface area contributed by atoms with Crippen molar-refractivity contribution in [2.24, 2.45) is 0 Å². The number of hydrogen-bond acceptors (Lipinski definition) is 6. The number of fused-ring (bicyclic) bond motifs is 1. The van der Waals surface area contributed by atoms with E-state index in [0.29, 0.717) is 17.9 Å². The summed E-state index contributed by atoms with van der Waals surface area (Å²) in [6.45, 7) is 0.338. The molecule has 8 heteroatoms. The van der Waals surface area contributed by atoms with Gasteiger partial charge >= 0.3 is 12.0 Å². The van der Waals surface area contributed by atoms with E-state index in [1.807, 2.05) is 42.5 Å². The van der Waals surface area contributed by atoms with Crippen LogP contribution in [0.3, 0.4) is 0 Å². The standard InChI is InChI=1S/C30H22N2O6/c1-37-29(35)21-12-14-23(15-13-21)32-28(34)26(27(33)31-30(32)36)17-19-6-4-10-24(16-19)38-18-22-9-5-8-20-7-2-3-11-25(20)22/h2-17H,18H2,1H3,(H,31,33,36)/b26-17-. The largest absolute Gasteiger partial charge is 0.489 e. The lowest BCUT2D eigenvalue weighted by Crippen LogP contribution is -2.54. The molecule has 4 amide bonds. The molecule has 0 spiro atoms. The van der Waals surface area contributed by atoms with Crippen molar-refractivity contribution in [1.29, 1.82) is 0 Å². The van der Waals surface area contributed by atoms with Gasteiger partial charge in [0.25, 0.3) is 11.8 Å². The molecule has 8 nitrogen and oxygen atoms in total. The van der Waals surface area contributed by atoms with Crippen LogP contribution in [0.4, 0.5) is 10.5 Å². The molecule has 0 aromatic heterocycles. The summed E-state index contributed by atoms with van der Waals surface area (Å²) in [7, 11) is 1.25. The molecule has 0 saturated carbocycles. The molecular formula is C30H22N2O6. The van der Waals surface area contributed by atoms with E-state index < -0.39 is 23.8 Å². The van der Waals surface area contributed by atoms with E-state index in [0.717, 1.165) is 21.2 Å². The van der Waals surface area contributed by atoms with E-state index in [1.165, 1.54) is 37.5 Å². The predicted molar refractivity (Wildman–Crippen MR) is 142 cm³/mol. The number of amides is 4. The van der Waals surface area contributed by atoms with E-state index >= 15 is 0 Å². The van der Waals surface area contributed by atoms with Crippen molar-refractivity contribution in [3.63, 3.8) is 0 Å². The fraction of sp³-hybridized carbons (Fsp3) is 0.0667. The Morgan fingerprint density at radius 3 is 2.42 bits per heavy atom. The smallest absolute Gasteiger partial charge is 0.337 e. The van der Waals surface area contributed by atoms with Crippen molar-refractivity contribution in [3.05, 3.63) is 113 Å². The van der Waals surface area contributed by atoms with Crippen LogP contribution in [0, 0.1) is 0 Å². The number of carbonyl (C=O) groups is 4. The van der Waals surface area contributed by atoms with Crippen LogP contribution in [0.5, 0.6) is 5.75 Å². The molecule has 1 fully saturated rings. The zero-order chi connectivity index (χ0) is 26.6. The number of ether oxygens (including phenoxy) is 2. The monoisotopic (exact) mass is 506 g/mol. The van der Waals surface area contributed by atoms with Gasteiger partial charge in [0.05, 0.1) is 18.4 Å². The number of anilines is 1. The minimum atomic E-state index is -0.880. The van der Waals surface area contributed by atoms with Gasteiger partial charge in [0, 0.05) is 0 Å². The van der Waals surface area contributed by atoms with Gasteiger partial charge in [0.2, 0.25) is 0 Å². The SMILES string of the molecule is COC(=O)c1ccc(N2C(=O)NC(=O)/C(=C/c3cccc(OCc4cccc5ccccc45)c3)C2=O)cc1. The highest BCUT2D eigenvalue weighted by Crippen LogP contribution is 2.25. The van der Waals surface area contributed by atoms with Gasteiger partial charge in [-0.2, -0.15) is 0 Å². The number of carbonyl (C=O) groups excluding carboxylic acids is 4. The van der Waals surface area contributed by atoms with Crippen molar-refractivity contribution in [2.45, 2.75) is 6.61 Å². The molecule has 4 aromatic carbocycles. The second-order valence-electron chi connectivity index (χ2n) is 8.50. The van der Waals surface area contributed by atoms with E-state index in [4.69, 9.17) is 4.74 Å². The number of esters is 1. The van der Waals surface area contributed by atoms with Gasteiger partial charge in [0.15, 0.2) is 0 Å². The summed E-state index contributed by atoms with van der Waals surface area (Å²) < 4.78 is 10.7. The molecule has 0 aliphatic carbocycles. The van der Waals surface area contributed by atoms with Crippen LogP contribution in [0.1, 0.15) is 21.5 Å². The third-order valence-electron chi connectivity index (χ3n) is 6.09. The van der Waals surface area contributed by atoms with Gasteiger partial charge in [-0.05, 0) is 64.4 Å². The topological polar surface area (TPSA) is 102 Å². The summed E-state index contributed by atoms with van der Waals surface area (Å²) in [5.74, 6) is -1.58. The minimum absolute atomic E-state index is 0.200. The van der Waals surface area contributed by atoms with Gasteiger partial charge in [-0.1, -0.05) is 54.6 Å². The summed E-state index contributed by atoms with van der Waals surface area (Å²) in [6.07, 6.45) is 1.41. The second-order valence-corrected chi connectivity index (χ2v) is 8.50. The summed E-state index contributed by atoms with van der Waals surface area (Å²) in [4.78, 5) is 50.8. The molecule has 1 aliphatic heterocycles. The van der Waals surface area contributed by atoms with Crippen molar-refractivity contribution >= 4 is 46.4 Å². The highest BCUT2D eigenvalue weighted by Gasteiger charge is 2.36. The molecule has 1 aliphatic rings. The molecule has 188 valence electrons. The average Bonchev–Trinajstić information content (AvgIpc) is 2.94. The van der Waals surface area contributed by atoms with Crippen LogP contribution in [0.2, 0.25) is 0 Å². The number of nitrogens with zero attached hydrogens (tertiary/aromatic N) is 1. The third kappa shape index (κ3) is 4.87. The van der Waals surface area contributed by atoms with Crippen LogP contribution < -0.4 is 15.0 Å².